The van der Waals surface area contributed by atoms with Crippen LogP contribution in [0.3, 0.4) is 0 Å². The maximum atomic E-state index is 12.8. The van der Waals surface area contributed by atoms with Crippen LogP contribution in [0.4, 0.5) is 0 Å². The molecule has 0 saturated carbocycles. The molecule has 0 aliphatic carbocycles. The van der Waals surface area contributed by atoms with Gasteiger partial charge < -0.3 is 0 Å². The first kappa shape index (κ1) is 19.7. The second kappa shape index (κ2) is 8.33. The second-order valence-electron chi connectivity index (χ2n) is 6.70. The Morgan fingerprint density at radius 1 is 1.22 bits per heavy atom. The molecule has 1 fully saturated rings. The Morgan fingerprint density at radius 3 is 2.63 bits per heavy atom. The number of carbonyl (C=O) groups excluding carboxylic acids is 1. The Morgan fingerprint density at radius 2 is 1.96 bits per heavy atom. The molecule has 144 valence electrons. The van der Waals surface area contributed by atoms with Crippen LogP contribution in [0.2, 0.25) is 0 Å². The fraction of sp³-hybridized carbons (Fsp3) is 0.368. The van der Waals surface area contributed by atoms with Crippen molar-refractivity contribution in [2.45, 2.75) is 31.6 Å². The molecule has 6 nitrogen and oxygen atoms in total. The highest BCUT2D eigenvalue weighted by Gasteiger charge is 2.33. The average molecular weight is 406 g/mol. The third kappa shape index (κ3) is 4.82. The van der Waals surface area contributed by atoms with Gasteiger partial charge in [0.25, 0.3) is 0 Å². The summed E-state index contributed by atoms with van der Waals surface area (Å²) in [5.74, 6) is -0.649. The summed E-state index contributed by atoms with van der Waals surface area (Å²) in [4.78, 5) is 14.8. The van der Waals surface area contributed by atoms with Crippen molar-refractivity contribution in [3.8, 4) is 0 Å². The smallest absolute Gasteiger partial charge is 0.244 e. The number of rotatable bonds is 5. The van der Waals surface area contributed by atoms with Crippen molar-refractivity contribution in [1.29, 1.82) is 0 Å². The van der Waals surface area contributed by atoms with Crippen LogP contribution in [-0.2, 0) is 14.8 Å². The van der Waals surface area contributed by atoms with E-state index in [9.17, 15) is 13.2 Å². The second-order valence-corrected chi connectivity index (χ2v) is 9.96. The van der Waals surface area contributed by atoms with Crippen molar-refractivity contribution in [2.24, 2.45) is 11.0 Å². The van der Waals surface area contributed by atoms with E-state index in [4.69, 9.17) is 0 Å². The number of piperidine rings is 1. The molecule has 1 aromatic heterocycles. The number of carbonyl (C=O) groups is 1. The van der Waals surface area contributed by atoms with E-state index in [0.29, 0.717) is 19.4 Å². The lowest BCUT2D eigenvalue weighted by Gasteiger charge is -2.30. The van der Waals surface area contributed by atoms with Crippen LogP contribution in [0.25, 0.3) is 0 Å². The van der Waals surface area contributed by atoms with Gasteiger partial charge in [0.2, 0.25) is 15.9 Å². The Labute approximate surface area is 164 Å². The lowest BCUT2D eigenvalue weighted by atomic mass is 9.99. The Kier molecular flexibility index (Phi) is 6.08. The normalized spacial score (nSPS) is 18.7. The number of hydrogen-bond acceptors (Lipinski definition) is 5. The molecular weight excluding hydrogens is 382 g/mol. The quantitative estimate of drug-likeness (QED) is 0.614. The van der Waals surface area contributed by atoms with Gasteiger partial charge in [-0.3, -0.25) is 4.79 Å². The Hall–Kier alpha value is -2.03. The van der Waals surface area contributed by atoms with E-state index in [-0.39, 0.29) is 17.3 Å². The minimum atomic E-state index is -3.59. The van der Waals surface area contributed by atoms with Gasteiger partial charge in [0.1, 0.15) is 0 Å². The van der Waals surface area contributed by atoms with E-state index < -0.39 is 15.9 Å². The largest absolute Gasteiger partial charge is 0.273 e. The van der Waals surface area contributed by atoms with Crippen molar-refractivity contribution < 1.29 is 13.2 Å². The summed E-state index contributed by atoms with van der Waals surface area (Å²) in [6.07, 6.45) is 2.91. The van der Waals surface area contributed by atoms with E-state index in [1.165, 1.54) is 9.18 Å². The molecule has 1 aliphatic heterocycles. The van der Waals surface area contributed by atoms with Gasteiger partial charge in [0.05, 0.1) is 17.0 Å². The molecule has 0 radical (unpaired) electrons. The van der Waals surface area contributed by atoms with Gasteiger partial charge in [-0.05, 0) is 51.0 Å². The summed E-state index contributed by atoms with van der Waals surface area (Å²) in [5.41, 5.74) is 3.55. The molecular formula is C19H23N3O3S2. The van der Waals surface area contributed by atoms with Crippen molar-refractivity contribution in [3.63, 3.8) is 0 Å². The van der Waals surface area contributed by atoms with Gasteiger partial charge in [-0.1, -0.05) is 17.7 Å². The number of aryl methyl sites for hydroxylation is 2. The van der Waals surface area contributed by atoms with Gasteiger partial charge in [-0.15, -0.1) is 11.3 Å². The number of benzene rings is 1. The lowest BCUT2D eigenvalue weighted by molar-refractivity contribution is -0.126. The molecule has 1 amide bonds. The van der Waals surface area contributed by atoms with Crippen LogP contribution in [-0.4, -0.2) is 37.9 Å². The van der Waals surface area contributed by atoms with Crippen molar-refractivity contribution in [1.82, 2.24) is 9.73 Å². The predicted octanol–water partition coefficient (Wildman–Crippen LogP) is 2.92. The molecule has 2 aromatic rings. The number of thiophene rings is 1. The summed E-state index contributed by atoms with van der Waals surface area (Å²) < 4.78 is 27.1. The molecule has 1 aromatic carbocycles. The van der Waals surface area contributed by atoms with E-state index in [1.807, 2.05) is 26.0 Å². The summed E-state index contributed by atoms with van der Waals surface area (Å²) in [7, 11) is -3.59. The topological polar surface area (TPSA) is 78.8 Å². The summed E-state index contributed by atoms with van der Waals surface area (Å²) in [6.45, 7) is 4.52. The van der Waals surface area contributed by atoms with Crippen LogP contribution in [0, 0.1) is 19.8 Å². The van der Waals surface area contributed by atoms with Gasteiger partial charge in [0.15, 0.2) is 0 Å². The zero-order chi connectivity index (χ0) is 19.4. The minimum absolute atomic E-state index is 0.176. The van der Waals surface area contributed by atoms with Gasteiger partial charge in [-0.25, -0.2) is 13.8 Å². The molecule has 2 heterocycles. The number of sulfonamides is 1. The van der Waals surface area contributed by atoms with Gasteiger partial charge >= 0.3 is 0 Å². The zero-order valence-corrected chi connectivity index (χ0v) is 17.0. The van der Waals surface area contributed by atoms with Crippen molar-refractivity contribution in [2.75, 3.05) is 13.1 Å². The maximum Gasteiger partial charge on any atom is 0.244 e. The van der Waals surface area contributed by atoms with E-state index in [1.54, 1.807) is 41.8 Å². The molecule has 1 aliphatic rings. The molecule has 3 rings (SSSR count). The molecule has 0 spiro atoms. The van der Waals surface area contributed by atoms with Crippen LogP contribution < -0.4 is 5.43 Å². The lowest BCUT2D eigenvalue weighted by Crippen LogP contribution is -2.44. The molecule has 8 heteroatoms. The number of amides is 1. The minimum Gasteiger partial charge on any atom is -0.273 e. The fourth-order valence-corrected chi connectivity index (χ4v) is 5.28. The maximum absolute atomic E-state index is 12.8. The van der Waals surface area contributed by atoms with Crippen LogP contribution >= 0.6 is 11.3 Å². The number of nitrogens with one attached hydrogen (secondary N) is 1. The van der Waals surface area contributed by atoms with E-state index in [2.05, 4.69) is 10.5 Å². The Balaban J connectivity index is 1.63. The Bertz CT molecular complexity index is 933. The molecule has 1 saturated heterocycles. The predicted molar refractivity (Wildman–Crippen MR) is 107 cm³/mol. The highest BCUT2D eigenvalue weighted by atomic mass is 32.2. The summed E-state index contributed by atoms with van der Waals surface area (Å²) in [6, 6.07) is 10.7. The van der Waals surface area contributed by atoms with Crippen LogP contribution in [0.1, 0.15) is 28.2 Å². The first-order chi connectivity index (χ1) is 12.9. The SMILES string of the molecule is Cc1ccc(S(=O)(=O)N2CCC[C@H](C(=O)N/N=C\c3ccc(C)s3)C2)cc1. The number of hydrazone groups is 1. The van der Waals surface area contributed by atoms with Crippen molar-refractivity contribution in [3.05, 3.63) is 51.7 Å². The number of hydrogen-bond donors (Lipinski definition) is 1. The fourth-order valence-electron chi connectivity index (χ4n) is 3.01. The van der Waals surface area contributed by atoms with Gasteiger partial charge in [-0.2, -0.15) is 9.41 Å². The van der Waals surface area contributed by atoms with E-state index in [0.717, 1.165) is 10.4 Å². The average Bonchev–Trinajstić information content (AvgIpc) is 3.07. The monoisotopic (exact) mass is 405 g/mol. The van der Waals surface area contributed by atoms with E-state index >= 15 is 0 Å². The number of nitrogens with zero attached hydrogens (tertiary/aromatic N) is 2. The van der Waals surface area contributed by atoms with Crippen LogP contribution in [0.15, 0.2) is 46.4 Å². The highest BCUT2D eigenvalue weighted by Crippen LogP contribution is 2.24. The first-order valence-electron chi connectivity index (χ1n) is 8.82. The molecule has 0 unspecified atom stereocenters. The van der Waals surface area contributed by atoms with Crippen molar-refractivity contribution >= 4 is 33.5 Å². The summed E-state index contributed by atoms with van der Waals surface area (Å²) >= 11 is 1.59. The van der Waals surface area contributed by atoms with Crippen LogP contribution in [0.5, 0.6) is 0 Å². The molecule has 0 bridgehead atoms. The zero-order valence-electron chi connectivity index (χ0n) is 15.4. The summed E-state index contributed by atoms with van der Waals surface area (Å²) in [5, 5.41) is 4.00. The molecule has 27 heavy (non-hydrogen) atoms. The first-order valence-corrected chi connectivity index (χ1v) is 11.1. The third-order valence-electron chi connectivity index (χ3n) is 4.54. The molecule has 1 atom stereocenters. The molecule has 1 N–H and O–H groups in total. The van der Waals surface area contributed by atoms with Gasteiger partial charge in [0, 0.05) is 22.8 Å². The highest BCUT2D eigenvalue weighted by molar-refractivity contribution is 7.89. The third-order valence-corrected chi connectivity index (χ3v) is 7.36. The standard InChI is InChI=1S/C19H23N3O3S2/c1-14-5-9-18(10-6-14)27(24,25)22-11-3-4-16(13-22)19(23)21-20-12-17-8-7-15(2)26-17/h5-10,12,16H,3-4,11,13H2,1-2H3,(H,21,23)/b20-12-/t16-/m0/s1.